The Morgan fingerprint density at radius 2 is 1.79 bits per heavy atom. The maximum absolute atomic E-state index is 12.4. The van der Waals surface area contributed by atoms with Crippen LogP contribution in [0.15, 0.2) is 60.8 Å². The van der Waals surface area contributed by atoms with Crippen LogP contribution in [-0.4, -0.2) is 28.5 Å². The standard InChI is InChI=1S/C20H18F3N3O2/c1-14-18(12-25-26(14)16-5-3-2-4-6-16)19(27)24-11-15-7-9-17(10-8-15)28-13-20(21,22)23/h2-10,12H,11,13H2,1H3,(H,24,27). The fourth-order valence-corrected chi connectivity index (χ4v) is 2.61. The number of rotatable bonds is 6. The van der Waals surface area contributed by atoms with Crippen LogP contribution in [0.3, 0.4) is 0 Å². The number of alkyl halides is 3. The molecule has 2 aromatic carbocycles. The minimum Gasteiger partial charge on any atom is -0.484 e. The number of ether oxygens (including phenoxy) is 1. The summed E-state index contributed by atoms with van der Waals surface area (Å²) >= 11 is 0. The molecule has 0 bridgehead atoms. The second kappa shape index (κ2) is 8.16. The Labute approximate surface area is 159 Å². The van der Waals surface area contributed by atoms with E-state index >= 15 is 0 Å². The molecule has 3 rings (SSSR count). The van der Waals surface area contributed by atoms with Gasteiger partial charge >= 0.3 is 6.18 Å². The van der Waals surface area contributed by atoms with Gasteiger partial charge in [0.25, 0.3) is 5.91 Å². The van der Waals surface area contributed by atoms with E-state index in [1.54, 1.807) is 16.8 Å². The van der Waals surface area contributed by atoms with E-state index in [0.717, 1.165) is 11.3 Å². The smallest absolute Gasteiger partial charge is 0.422 e. The summed E-state index contributed by atoms with van der Waals surface area (Å²) in [4.78, 5) is 12.4. The average Bonchev–Trinajstić information content (AvgIpc) is 3.07. The van der Waals surface area contributed by atoms with Gasteiger partial charge in [-0.25, -0.2) is 4.68 Å². The lowest BCUT2D eigenvalue weighted by Crippen LogP contribution is -2.23. The number of nitrogens with one attached hydrogen (secondary N) is 1. The van der Waals surface area contributed by atoms with Crippen molar-refractivity contribution in [3.05, 3.63) is 77.6 Å². The van der Waals surface area contributed by atoms with Crippen molar-refractivity contribution in [3.8, 4) is 11.4 Å². The first-order valence-electron chi connectivity index (χ1n) is 8.50. The molecule has 0 atom stereocenters. The highest BCUT2D eigenvalue weighted by molar-refractivity contribution is 5.95. The van der Waals surface area contributed by atoms with Crippen molar-refractivity contribution in [2.45, 2.75) is 19.6 Å². The number of halogens is 3. The summed E-state index contributed by atoms with van der Waals surface area (Å²) in [7, 11) is 0. The molecule has 8 heteroatoms. The Bertz CT molecular complexity index is 936. The molecule has 1 aromatic heterocycles. The van der Waals surface area contributed by atoms with Crippen LogP contribution in [0.2, 0.25) is 0 Å². The Morgan fingerprint density at radius 3 is 2.43 bits per heavy atom. The first kappa shape index (κ1) is 19.5. The molecule has 28 heavy (non-hydrogen) atoms. The zero-order valence-corrected chi connectivity index (χ0v) is 15.0. The van der Waals surface area contributed by atoms with Gasteiger partial charge in [-0.3, -0.25) is 4.79 Å². The molecule has 3 aromatic rings. The predicted octanol–water partition coefficient (Wildman–Crippen LogP) is 4.05. The van der Waals surface area contributed by atoms with E-state index in [-0.39, 0.29) is 18.2 Å². The van der Waals surface area contributed by atoms with Crippen molar-refractivity contribution in [1.29, 1.82) is 0 Å². The molecule has 1 N–H and O–H groups in total. The van der Waals surface area contributed by atoms with Gasteiger partial charge in [0.1, 0.15) is 5.75 Å². The maximum atomic E-state index is 12.4. The van der Waals surface area contributed by atoms with Gasteiger partial charge < -0.3 is 10.1 Å². The van der Waals surface area contributed by atoms with Gasteiger partial charge in [-0.2, -0.15) is 18.3 Å². The summed E-state index contributed by atoms with van der Waals surface area (Å²) in [6.45, 7) is 0.698. The molecule has 5 nitrogen and oxygen atoms in total. The average molecular weight is 389 g/mol. The summed E-state index contributed by atoms with van der Waals surface area (Å²) in [5.41, 5.74) is 2.75. The van der Waals surface area contributed by atoms with Crippen LogP contribution in [0.1, 0.15) is 21.6 Å². The minimum absolute atomic E-state index is 0.118. The third-order valence-electron chi connectivity index (χ3n) is 4.03. The molecule has 146 valence electrons. The minimum atomic E-state index is -4.38. The fraction of sp³-hybridized carbons (Fsp3) is 0.200. The van der Waals surface area contributed by atoms with Crippen molar-refractivity contribution in [3.63, 3.8) is 0 Å². The van der Waals surface area contributed by atoms with E-state index < -0.39 is 12.8 Å². The van der Waals surface area contributed by atoms with E-state index in [1.807, 2.05) is 37.3 Å². The second-order valence-corrected chi connectivity index (χ2v) is 6.12. The predicted molar refractivity (Wildman–Crippen MR) is 97.5 cm³/mol. The fourth-order valence-electron chi connectivity index (χ4n) is 2.61. The first-order valence-corrected chi connectivity index (χ1v) is 8.50. The molecule has 1 heterocycles. The number of carbonyl (C=O) groups excluding carboxylic acids is 1. The van der Waals surface area contributed by atoms with Crippen molar-refractivity contribution in [1.82, 2.24) is 15.1 Å². The van der Waals surface area contributed by atoms with Crippen LogP contribution >= 0.6 is 0 Å². The van der Waals surface area contributed by atoms with Crippen molar-refractivity contribution >= 4 is 5.91 Å². The third kappa shape index (κ3) is 4.91. The lowest BCUT2D eigenvalue weighted by Gasteiger charge is -2.10. The summed E-state index contributed by atoms with van der Waals surface area (Å²) in [6, 6.07) is 15.5. The highest BCUT2D eigenvalue weighted by Gasteiger charge is 2.28. The van der Waals surface area contributed by atoms with Gasteiger partial charge in [0.2, 0.25) is 0 Å². The second-order valence-electron chi connectivity index (χ2n) is 6.12. The van der Waals surface area contributed by atoms with Gasteiger partial charge in [0.05, 0.1) is 23.1 Å². The molecule has 0 saturated carbocycles. The molecule has 0 aliphatic carbocycles. The molecule has 0 unspecified atom stereocenters. The van der Waals surface area contributed by atoms with Crippen LogP contribution in [0, 0.1) is 6.92 Å². The highest BCUT2D eigenvalue weighted by Crippen LogP contribution is 2.19. The summed E-state index contributed by atoms with van der Waals surface area (Å²) in [6.07, 6.45) is -2.87. The monoisotopic (exact) mass is 389 g/mol. The first-order chi connectivity index (χ1) is 13.3. The highest BCUT2D eigenvalue weighted by atomic mass is 19.4. The quantitative estimate of drug-likeness (QED) is 0.692. The van der Waals surface area contributed by atoms with Gasteiger partial charge in [0, 0.05) is 6.54 Å². The maximum Gasteiger partial charge on any atom is 0.422 e. The molecule has 0 saturated heterocycles. The number of aromatic nitrogens is 2. The summed E-state index contributed by atoms with van der Waals surface area (Å²) in [5, 5.41) is 7.04. The van der Waals surface area contributed by atoms with Gasteiger partial charge in [0.15, 0.2) is 6.61 Å². The largest absolute Gasteiger partial charge is 0.484 e. The lowest BCUT2D eigenvalue weighted by molar-refractivity contribution is -0.153. The van der Waals surface area contributed by atoms with Crippen LogP contribution < -0.4 is 10.1 Å². The number of hydrogen-bond acceptors (Lipinski definition) is 3. The molecular weight excluding hydrogens is 371 g/mol. The summed E-state index contributed by atoms with van der Waals surface area (Å²) < 4.78 is 42.8. The normalized spacial score (nSPS) is 11.3. The molecule has 0 aliphatic heterocycles. The number of amides is 1. The van der Waals surface area contributed by atoms with Crippen LogP contribution in [0.4, 0.5) is 13.2 Å². The van der Waals surface area contributed by atoms with Crippen LogP contribution in [0.25, 0.3) is 5.69 Å². The molecule has 0 aliphatic rings. The van der Waals surface area contributed by atoms with E-state index in [2.05, 4.69) is 15.2 Å². The van der Waals surface area contributed by atoms with Crippen LogP contribution in [0.5, 0.6) is 5.75 Å². The van der Waals surface area contributed by atoms with Crippen molar-refractivity contribution < 1.29 is 22.7 Å². The Hall–Kier alpha value is -3.29. The Kier molecular flexibility index (Phi) is 5.67. The van der Waals surface area contributed by atoms with E-state index in [9.17, 15) is 18.0 Å². The molecule has 0 fully saturated rings. The third-order valence-corrected chi connectivity index (χ3v) is 4.03. The summed E-state index contributed by atoms with van der Waals surface area (Å²) in [5.74, 6) is -0.163. The molecule has 0 spiro atoms. The Balaban J connectivity index is 1.59. The zero-order chi connectivity index (χ0) is 20.1. The van der Waals surface area contributed by atoms with E-state index in [1.165, 1.54) is 18.3 Å². The zero-order valence-electron chi connectivity index (χ0n) is 15.0. The SMILES string of the molecule is Cc1c(C(=O)NCc2ccc(OCC(F)(F)F)cc2)cnn1-c1ccccc1. The van der Waals surface area contributed by atoms with E-state index in [4.69, 9.17) is 0 Å². The Morgan fingerprint density at radius 1 is 1.11 bits per heavy atom. The number of nitrogens with zero attached hydrogens (tertiary/aromatic N) is 2. The molecular formula is C20H18F3N3O2. The van der Waals surface area contributed by atoms with Crippen molar-refractivity contribution in [2.75, 3.05) is 6.61 Å². The van der Waals surface area contributed by atoms with Gasteiger partial charge in [-0.15, -0.1) is 0 Å². The number of hydrogen-bond donors (Lipinski definition) is 1. The molecule has 0 radical (unpaired) electrons. The number of benzene rings is 2. The van der Waals surface area contributed by atoms with Gasteiger partial charge in [-0.1, -0.05) is 30.3 Å². The van der Waals surface area contributed by atoms with Crippen molar-refractivity contribution in [2.24, 2.45) is 0 Å². The lowest BCUT2D eigenvalue weighted by atomic mass is 10.2. The molecule has 1 amide bonds. The van der Waals surface area contributed by atoms with Crippen LogP contribution in [-0.2, 0) is 6.54 Å². The number of carbonyl (C=O) groups is 1. The van der Waals surface area contributed by atoms with Gasteiger partial charge in [-0.05, 0) is 36.8 Å². The topological polar surface area (TPSA) is 56.1 Å². The van der Waals surface area contributed by atoms with E-state index in [0.29, 0.717) is 11.3 Å². The number of para-hydroxylation sites is 1.